The van der Waals surface area contributed by atoms with Crippen molar-refractivity contribution in [1.82, 2.24) is 10.2 Å². The van der Waals surface area contributed by atoms with E-state index in [9.17, 15) is 13.2 Å². The predicted octanol–water partition coefficient (Wildman–Crippen LogP) is 3.53. The molecule has 0 unspecified atom stereocenters. The predicted molar refractivity (Wildman–Crippen MR) is 90.0 cm³/mol. The number of nitrogens with one attached hydrogen (secondary N) is 1. The fourth-order valence-corrected chi connectivity index (χ4v) is 2.28. The quantitative estimate of drug-likeness (QED) is 0.445. The Hall–Kier alpha value is -1.76. The normalized spacial score (nSPS) is 12.3. The van der Waals surface area contributed by atoms with Gasteiger partial charge in [-0.2, -0.15) is 13.2 Å². The lowest BCUT2D eigenvalue weighted by atomic mass is 10.1. The zero-order valence-corrected chi connectivity index (χ0v) is 14.5. The number of hydrogen-bond donors (Lipinski definition) is 1. The van der Waals surface area contributed by atoms with Crippen LogP contribution in [-0.2, 0) is 17.5 Å². The first-order valence-electron chi connectivity index (χ1n) is 7.95. The van der Waals surface area contributed by atoms with Crippen LogP contribution in [0.25, 0.3) is 0 Å². The number of methoxy groups -OCH3 is 1. The maximum atomic E-state index is 12.6. The molecule has 0 saturated heterocycles. The van der Waals surface area contributed by atoms with E-state index in [1.807, 2.05) is 11.9 Å². The number of aliphatic imine (C=N–C) groups is 1. The number of nitrogens with zero attached hydrogens (tertiary/aromatic N) is 2. The molecule has 7 heteroatoms. The molecular weight excluding hydrogens is 319 g/mol. The molecule has 0 aliphatic carbocycles. The molecule has 0 fully saturated rings. The van der Waals surface area contributed by atoms with Crippen LogP contribution in [0.1, 0.15) is 30.4 Å². The maximum absolute atomic E-state index is 12.6. The van der Waals surface area contributed by atoms with E-state index >= 15 is 0 Å². The second-order valence-electron chi connectivity index (χ2n) is 5.58. The van der Waals surface area contributed by atoms with E-state index < -0.39 is 11.7 Å². The Bertz CT molecular complexity index is 501. The summed E-state index contributed by atoms with van der Waals surface area (Å²) in [5, 5.41) is 3.26. The number of rotatable bonds is 8. The van der Waals surface area contributed by atoms with Crippen LogP contribution in [-0.4, -0.2) is 45.2 Å². The van der Waals surface area contributed by atoms with Gasteiger partial charge in [0.25, 0.3) is 0 Å². The fraction of sp³-hybridized carbons (Fsp3) is 0.588. The van der Waals surface area contributed by atoms with Gasteiger partial charge in [-0.15, -0.1) is 0 Å². The lowest BCUT2D eigenvalue weighted by Crippen LogP contribution is -2.38. The Morgan fingerprint density at radius 3 is 2.38 bits per heavy atom. The number of ether oxygens (including phenoxy) is 1. The molecule has 1 aromatic rings. The van der Waals surface area contributed by atoms with Crippen LogP contribution < -0.4 is 5.32 Å². The molecule has 136 valence electrons. The summed E-state index contributed by atoms with van der Waals surface area (Å²) in [5.41, 5.74) is 0.168. The van der Waals surface area contributed by atoms with Crippen LogP contribution in [0.4, 0.5) is 13.2 Å². The van der Waals surface area contributed by atoms with Gasteiger partial charge in [0.15, 0.2) is 5.96 Å². The highest BCUT2D eigenvalue weighted by atomic mass is 19.4. The van der Waals surface area contributed by atoms with E-state index in [4.69, 9.17) is 4.74 Å². The van der Waals surface area contributed by atoms with E-state index in [0.717, 1.165) is 56.1 Å². The molecule has 1 aromatic carbocycles. The van der Waals surface area contributed by atoms with Gasteiger partial charge in [0.2, 0.25) is 0 Å². The van der Waals surface area contributed by atoms with Gasteiger partial charge >= 0.3 is 6.18 Å². The van der Waals surface area contributed by atoms with Crippen molar-refractivity contribution in [2.75, 3.05) is 34.4 Å². The molecule has 0 aliphatic rings. The highest BCUT2D eigenvalue weighted by Crippen LogP contribution is 2.29. The summed E-state index contributed by atoms with van der Waals surface area (Å²) in [6.07, 6.45) is -1.19. The molecule has 0 aromatic heterocycles. The minimum atomic E-state index is -4.30. The van der Waals surface area contributed by atoms with Gasteiger partial charge in [0, 0.05) is 40.9 Å². The van der Waals surface area contributed by atoms with Crippen LogP contribution >= 0.6 is 0 Å². The monoisotopic (exact) mass is 345 g/mol. The molecule has 0 saturated carbocycles. The Labute approximate surface area is 141 Å². The first-order chi connectivity index (χ1) is 11.4. The van der Waals surface area contributed by atoms with E-state index in [1.165, 1.54) is 12.1 Å². The Morgan fingerprint density at radius 1 is 1.17 bits per heavy atom. The number of benzene rings is 1. The van der Waals surface area contributed by atoms with E-state index in [0.29, 0.717) is 6.54 Å². The summed E-state index contributed by atoms with van der Waals surface area (Å²) in [5.74, 6) is 0.724. The average molecular weight is 345 g/mol. The number of unbranched alkanes of at least 4 members (excludes halogenated alkanes) is 2. The smallest absolute Gasteiger partial charge is 0.385 e. The first-order valence-corrected chi connectivity index (χ1v) is 7.95. The summed E-state index contributed by atoms with van der Waals surface area (Å²) < 4.78 is 42.7. The molecule has 0 heterocycles. The standard InChI is InChI=1S/C17H26F3N3O/c1-21-16(22-11-5-4-6-12-24-3)23(2)13-14-7-9-15(10-8-14)17(18,19)20/h7-10H,4-6,11-13H2,1-3H3,(H,21,22). The largest absolute Gasteiger partial charge is 0.416 e. The van der Waals surface area contributed by atoms with Crippen molar-refractivity contribution in [1.29, 1.82) is 0 Å². The molecule has 0 amide bonds. The summed E-state index contributed by atoms with van der Waals surface area (Å²) in [6.45, 7) is 2.05. The fourth-order valence-electron chi connectivity index (χ4n) is 2.28. The van der Waals surface area contributed by atoms with Crippen molar-refractivity contribution in [3.63, 3.8) is 0 Å². The molecule has 0 radical (unpaired) electrons. The van der Waals surface area contributed by atoms with Crippen LogP contribution in [0.3, 0.4) is 0 Å². The topological polar surface area (TPSA) is 36.9 Å². The van der Waals surface area contributed by atoms with Crippen molar-refractivity contribution < 1.29 is 17.9 Å². The van der Waals surface area contributed by atoms with Crippen LogP contribution in [0.15, 0.2) is 29.3 Å². The van der Waals surface area contributed by atoms with Gasteiger partial charge in [0.05, 0.1) is 5.56 Å². The molecule has 24 heavy (non-hydrogen) atoms. The van der Waals surface area contributed by atoms with Gasteiger partial charge in [-0.25, -0.2) is 0 Å². The zero-order chi connectivity index (χ0) is 18.0. The van der Waals surface area contributed by atoms with Crippen molar-refractivity contribution in [2.24, 2.45) is 4.99 Å². The average Bonchev–Trinajstić information content (AvgIpc) is 2.54. The molecular formula is C17H26F3N3O. The molecule has 4 nitrogen and oxygen atoms in total. The summed E-state index contributed by atoms with van der Waals surface area (Å²) in [4.78, 5) is 6.09. The lowest BCUT2D eigenvalue weighted by molar-refractivity contribution is -0.137. The molecule has 0 bridgehead atoms. The minimum Gasteiger partial charge on any atom is -0.385 e. The molecule has 0 atom stereocenters. The second-order valence-corrected chi connectivity index (χ2v) is 5.58. The third kappa shape index (κ3) is 7.21. The number of hydrogen-bond acceptors (Lipinski definition) is 2. The van der Waals surface area contributed by atoms with E-state index in [-0.39, 0.29) is 0 Å². The van der Waals surface area contributed by atoms with Gasteiger partial charge in [-0.1, -0.05) is 12.1 Å². The van der Waals surface area contributed by atoms with Crippen molar-refractivity contribution in [3.05, 3.63) is 35.4 Å². The van der Waals surface area contributed by atoms with Gasteiger partial charge in [-0.3, -0.25) is 4.99 Å². The SMILES string of the molecule is CN=C(NCCCCCOC)N(C)Cc1ccc(C(F)(F)F)cc1. The third-order valence-electron chi connectivity index (χ3n) is 3.58. The van der Waals surface area contributed by atoms with Crippen molar-refractivity contribution in [2.45, 2.75) is 32.0 Å². The molecule has 0 aliphatic heterocycles. The molecule has 0 spiro atoms. The molecule has 1 rings (SSSR count). The van der Waals surface area contributed by atoms with Crippen LogP contribution in [0.2, 0.25) is 0 Å². The minimum absolute atomic E-state index is 0.488. The highest BCUT2D eigenvalue weighted by molar-refractivity contribution is 5.79. The number of halogens is 3. The van der Waals surface area contributed by atoms with Crippen molar-refractivity contribution in [3.8, 4) is 0 Å². The molecule has 1 N–H and O–H groups in total. The zero-order valence-electron chi connectivity index (χ0n) is 14.5. The Kier molecular flexibility index (Phi) is 8.60. The van der Waals surface area contributed by atoms with Gasteiger partial charge in [-0.05, 0) is 37.0 Å². The lowest BCUT2D eigenvalue weighted by Gasteiger charge is -2.22. The number of guanidine groups is 1. The van der Waals surface area contributed by atoms with Crippen LogP contribution in [0, 0.1) is 0 Å². The summed E-state index contributed by atoms with van der Waals surface area (Å²) in [7, 11) is 5.24. The van der Waals surface area contributed by atoms with E-state index in [2.05, 4.69) is 10.3 Å². The summed E-state index contributed by atoms with van der Waals surface area (Å²) in [6, 6.07) is 5.21. The Morgan fingerprint density at radius 2 is 1.83 bits per heavy atom. The van der Waals surface area contributed by atoms with Crippen molar-refractivity contribution >= 4 is 5.96 Å². The number of alkyl halides is 3. The maximum Gasteiger partial charge on any atom is 0.416 e. The Balaban J connectivity index is 2.45. The van der Waals surface area contributed by atoms with E-state index in [1.54, 1.807) is 14.2 Å². The summed E-state index contributed by atoms with van der Waals surface area (Å²) >= 11 is 0. The van der Waals surface area contributed by atoms with Gasteiger partial charge < -0.3 is 15.0 Å². The van der Waals surface area contributed by atoms with Crippen LogP contribution in [0.5, 0.6) is 0 Å². The third-order valence-corrected chi connectivity index (χ3v) is 3.58. The first kappa shape index (κ1) is 20.3. The van der Waals surface area contributed by atoms with Gasteiger partial charge in [0.1, 0.15) is 0 Å². The second kappa shape index (κ2) is 10.2. The highest BCUT2D eigenvalue weighted by Gasteiger charge is 2.29.